The lowest BCUT2D eigenvalue weighted by Crippen LogP contribution is -2.32. The van der Waals surface area contributed by atoms with Gasteiger partial charge in [-0.15, -0.1) is 0 Å². The maximum atomic E-state index is 12.7. The molecular formula is C20H21N3O4. The van der Waals surface area contributed by atoms with Crippen LogP contribution >= 0.6 is 0 Å². The number of aliphatic hydroxyl groups excluding tert-OH is 1. The van der Waals surface area contributed by atoms with Crippen molar-refractivity contribution in [3.63, 3.8) is 0 Å². The SMILES string of the molecule is COc1ccc(C(O)=C2C(=O)C(=O)N(CCCN)[C@H]2c2ccccn2)cc1. The molecule has 3 rings (SSSR count). The highest BCUT2D eigenvalue weighted by atomic mass is 16.5. The second-order valence-electron chi connectivity index (χ2n) is 6.12. The molecule has 1 aromatic heterocycles. The summed E-state index contributed by atoms with van der Waals surface area (Å²) in [6.45, 7) is 0.693. The predicted octanol–water partition coefficient (Wildman–Crippen LogP) is 1.86. The number of pyridine rings is 1. The van der Waals surface area contributed by atoms with E-state index in [2.05, 4.69) is 4.98 Å². The number of hydrogen-bond acceptors (Lipinski definition) is 6. The molecule has 1 fully saturated rings. The number of carbonyl (C=O) groups excluding carboxylic acids is 2. The van der Waals surface area contributed by atoms with Crippen molar-refractivity contribution in [1.29, 1.82) is 0 Å². The minimum atomic E-state index is -0.750. The smallest absolute Gasteiger partial charge is 0.295 e. The molecule has 7 heteroatoms. The Kier molecular flexibility index (Phi) is 5.52. The average molecular weight is 367 g/mol. The van der Waals surface area contributed by atoms with E-state index in [1.54, 1.807) is 55.8 Å². The fourth-order valence-corrected chi connectivity index (χ4v) is 3.12. The predicted molar refractivity (Wildman–Crippen MR) is 99.9 cm³/mol. The number of benzene rings is 1. The Balaban J connectivity index is 2.11. The zero-order chi connectivity index (χ0) is 19.4. The van der Waals surface area contributed by atoms with Crippen LogP contribution in [0.25, 0.3) is 5.76 Å². The van der Waals surface area contributed by atoms with E-state index in [1.165, 1.54) is 4.90 Å². The molecule has 0 unspecified atom stereocenters. The number of rotatable bonds is 6. The Morgan fingerprint density at radius 3 is 2.56 bits per heavy atom. The van der Waals surface area contributed by atoms with Crippen LogP contribution in [0.3, 0.4) is 0 Å². The van der Waals surface area contributed by atoms with Gasteiger partial charge in [0.25, 0.3) is 11.7 Å². The van der Waals surface area contributed by atoms with E-state index in [9.17, 15) is 14.7 Å². The summed E-state index contributed by atoms with van der Waals surface area (Å²) >= 11 is 0. The van der Waals surface area contributed by atoms with Crippen LogP contribution in [0.15, 0.2) is 54.2 Å². The van der Waals surface area contributed by atoms with E-state index >= 15 is 0 Å². The van der Waals surface area contributed by atoms with Gasteiger partial charge in [-0.3, -0.25) is 14.6 Å². The molecule has 27 heavy (non-hydrogen) atoms. The van der Waals surface area contributed by atoms with Gasteiger partial charge in [-0.25, -0.2) is 0 Å². The fourth-order valence-electron chi connectivity index (χ4n) is 3.12. The number of ether oxygens (including phenoxy) is 1. The van der Waals surface area contributed by atoms with Gasteiger partial charge in [-0.05, 0) is 49.4 Å². The topological polar surface area (TPSA) is 106 Å². The Morgan fingerprint density at radius 2 is 1.96 bits per heavy atom. The number of likely N-dealkylation sites (tertiary alicyclic amines) is 1. The minimum absolute atomic E-state index is 0.0286. The quantitative estimate of drug-likeness (QED) is 0.459. The third-order valence-electron chi connectivity index (χ3n) is 4.47. The first kappa shape index (κ1) is 18.6. The third kappa shape index (κ3) is 3.54. The summed E-state index contributed by atoms with van der Waals surface area (Å²) in [6.07, 6.45) is 2.13. The van der Waals surface area contributed by atoms with Gasteiger partial charge in [0.05, 0.1) is 18.4 Å². The van der Waals surface area contributed by atoms with Crippen LogP contribution in [0.2, 0.25) is 0 Å². The Labute approximate surface area is 157 Å². The van der Waals surface area contributed by atoms with Crippen LogP contribution < -0.4 is 10.5 Å². The van der Waals surface area contributed by atoms with Crippen molar-refractivity contribution in [3.8, 4) is 5.75 Å². The summed E-state index contributed by atoms with van der Waals surface area (Å²) in [5.41, 5.74) is 6.54. The van der Waals surface area contributed by atoms with Gasteiger partial charge in [0.1, 0.15) is 17.6 Å². The van der Waals surface area contributed by atoms with Gasteiger partial charge >= 0.3 is 0 Å². The van der Waals surface area contributed by atoms with E-state index in [1.807, 2.05) is 0 Å². The normalized spacial score (nSPS) is 18.7. The second-order valence-corrected chi connectivity index (χ2v) is 6.12. The lowest BCUT2D eigenvalue weighted by atomic mass is 9.98. The van der Waals surface area contributed by atoms with E-state index in [0.29, 0.717) is 36.5 Å². The number of methoxy groups -OCH3 is 1. The van der Waals surface area contributed by atoms with Crippen LogP contribution in [0, 0.1) is 0 Å². The average Bonchev–Trinajstić information content (AvgIpc) is 2.97. The fraction of sp³-hybridized carbons (Fsp3) is 0.250. The molecule has 0 spiro atoms. The first-order valence-electron chi connectivity index (χ1n) is 8.62. The molecule has 1 atom stereocenters. The number of amides is 1. The summed E-state index contributed by atoms with van der Waals surface area (Å²) in [6, 6.07) is 11.1. The molecule has 3 N–H and O–H groups in total. The first-order valence-corrected chi connectivity index (χ1v) is 8.62. The molecule has 0 radical (unpaired) electrons. The summed E-state index contributed by atoms with van der Waals surface area (Å²) in [5.74, 6) is -0.997. The molecule has 1 amide bonds. The molecule has 1 aliphatic heterocycles. The van der Waals surface area contributed by atoms with Crippen LogP contribution in [-0.2, 0) is 9.59 Å². The summed E-state index contributed by atoms with van der Waals surface area (Å²) in [4.78, 5) is 31.0. The minimum Gasteiger partial charge on any atom is -0.507 e. The van der Waals surface area contributed by atoms with E-state index in [4.69, 9.17) is 10.5 Å². The lowest BCUT2D eigenvalue weighted by Gasteiger charge is -2.24. The summed E-state index contributed by atoms with van der Waals surface area (Å²) in [7, 11) is 1.54. The first-order chi connectivity index (χ1) is 13.1. The molecule has 1 aliphatic rings. The van der Waals surface area contributed by atoms with E-state index in [-0.39, 0.29) is 11.3 Å². The van der Waals surface area contributed by atoms with E-state index in [0.717, 1.165) is 0 Å². The second kappa shape index (κ2) is 8.01. The summed E-state index contributed by atoms with van der Waals surface area (Å²) in [5, 5.41) is 10.8. The molecule has 0 bridgehead atoms. The zero-order valence-electron chi connectivity index (χ0n) is 15.0. The molecule has 1 aromatic carbocycles. The molecule has 1 saturated heterocycles. The van der Waals surface area contributed by atoms with Crippen molar-refractivity contribution < 1.29 is 19.4 Å². The van der Waals surface area contributed by atoms with Crippen LogP contribution in [0.1, 0.15) is 23.7 Å². The highest BCUT2D eigenvalue weighted by molar-refractivity contribution is 6.46. The number of nitrogens with two attached hydrogens (primary N) is 1. The standard InChI is InChI=1S/C20H21N3O4/c1-27-14-8-6-13(7-9-14)18(24)16-17(15-5-2-3-11-22-15)23(12-4-10-21)20(26)19(16)25/h2-3,5-9,11,17,24H,4,10,12,21H2,1H3/t17-/m0/s1. The lowest BCUT2D eigenvalue weighted by molar-refractivity contribution is -0.139. The van der Waals surface area contributed by atoms with Crippen molar-refractivity contribution in [3.05, 3.63) is 65.5 Å². The zero-order valence-corrected chi connectivity index (χ0v) is 15.0. The number of ketones is 1. The molecule has 2 aromatic rings. The van der Waals surface area contributed by atoms with Gasteiger partial charge < -0.3 is 20.5 Å². The molecule has 140 valence electrons. The Hall–Kier alpha value is -3.19. The highest BCUT2D eigenvalue weighted by Crippen LogP contribution is 2.38. The third-order valence-corrected chi connectivity index (χ3v) is 4.47. The van der Waals surface area contributed by atoms with Crippen molar-refractivity contribution >= 4 is 17.4 Å². The molecule has 0 aliphatic carbocycles. The maximum absolute atomic E-state index is 12.7. The number of carbonyl (C=O) groups is 2. The number of aromatic nitrogens is 1. The van der Waals surface area contributed by atoms with E-state index < -0.39 is 17.7 Å². The molecule has 2 heterocycles. The van der Waals surface area contributed by atoms with Crippen molar-refractivity contribution in [1.82, 2.24) is 9.88 Å². The van der Waals surface area contributed by atoms with Crippen molar-refractivity contribution in [2.24, 2.45) is 5.73 Å². The van der Waals surface area contributed by atoms with Crippen molar-refractivity contribution in [2.45, 2.75) is 12.5 Å². The van der Waals surface area contributed by atoms with Gasteiger partial charge in [0.15, 0.2) is 0 Å². The van der Waals surface area contributed by atoms with Crippen LogP contribution in [0.4, 0.5) is 0 Å². The molecule has 7 nitrogen and oxygen atoms in total. The summed E-state index contributed by atoms with van der Waals surface area (Å²) < 4.78 is 5.12. The molecule has 0 saturated carbocycles. The number of hydrogen-bond donors (Lipinski definition) is 2. The van der Waals surface area contributed by atoms with Gasteiger partial charge in [-0.1, -0.05) is 6.07 Å². The van der Waals surface area contributed by atoms with Gasteiger partial charge in [-0.2, -0.15) is 0 Å². The van der Waals surface area contributed by atoms with Gasteiger partial charge in [0, 0.05) is 18.3 Å². The monoisotopic (exact) mass is 367 g/mol. The molecular weight excluding hydrogens is 346 g/mol. The number of nitrogens with zero attached hydrogens (tertiary/aromatic N) is 2. The highest BCUT2D eigenvalue weighted by Gasteiger charge is 2.46. The number of Topliss-reactive ketones (excluding diaryl/α,β-unsaturated/α-hetero) is 1. The Morgan fingerprint density at radius 1 is 1.22 bits per heavy atom. The van der Waals surface area contributed by atoms with Crippen LogP contribution in [0.5, 0.6) is 5.75 Å². The number of aliphatic hydroxyl groups is 1. The van der Waals surface area contributed by atoms with Gasteiger partial charge in [0.2, 0.25) is 0 Å². The van der Waals surface area contributed by atoms with Crippen LogP contribution in [-0.4, -0.2) is 46.9 Å². The maximum Gasteiger partial charge on any atom is 0.295 e. The largest absolute Gasteiger partial charge is 0.507 e. The Bertz CT molecular complexity index is 863. The van der Waals surface area contributed by atoms with Crippen molar-refractivity contribution in [2.75, 3.05) is 20.2 Å².